The van der Waals surface area contributed by atoms with Gasteiger partial charge >= 0.3 is 0 Å². The van der Waals surface area contributed by atoms with Crippen LogP contribution in [0, 0.1) is 6.92 Å². The third-order valence-corrected chi connectivity index (χ3v) is 4.73. The molecule has 0 saturated carbocycles. The molecule has 0 atom stereocenters. The van der Waals surface area contributed by atoms with Crippen molar-refractivity contribution in [1.29, 1.82) is 0 Å². The summed E-state index contributed by atoms with van der Waals surface area (Å²) in [6.07, 6.45) is 4.74. The highest BCUT2D eigenvalue weighted by molar-refractivity contribution is 7.80. The monoisotopic (exact) mass is 348 g/mol. The number of aryl methyl sites for hydroxylation is 1. The first-order valence-electron chi connectivity index (χ1n) is 8.79. The topological polar surface area (TPSA) is 41.6 Å². The fourth-order valence-corrected chi connectivity index (χ4v) is 3.34. The molecule has 1 aromatic carbocycles. The second kappa shape index (κ2) is 9.02. The molecule has 4 nitrogen and oxygen atoms in total. The Balaban J connectivity index is 1.82. The highest BCUT2D eigenvalue weighted by Gasteiger charge is 2.15. The van der Waals surface area contributed by atoms with Crippen LogP contribution in [-0.2, 0) is 4.79 Å². The van der Waals surface area contributed by atoms with Gasteiger partial charge in [-0.15, -0.1) is 0 Å². The minimum absolute atomic E-state index is 0.0194. The molecule has 0 spiro atoms. The lowest BCUT2D eigenvalue weighted by molar-refractivity contribution is -0.121. The average Bonchev–Trinajstić information content (AvgIpc) is 2.82. The van der Waals surface area contributed by atoms with Crippen LogP contribution in [0.25, 0.3) is 0 Å². The molecular weight excluding hydrogens is 320 g/mol. The van der Waals surface area contributed by atoms with Crippen molar-refractivity contribution in [2.45, 2.75) is 52.4 Å². The Morgan fingerprint density at radius 3 is 2.50 bits per heavy atom. The Labute approximate surface area is 150 Å². The summed E-state index contributed by atoms with van der Waals surface area (Å²) in [6.45, 7) is 8.23. The van der Waals surface area contributed by atoms with Crippen molar-refractivity contribution in [3.05, 3.63) is 29.3 Å². The predicted octanol–water partition coefficient (Wildman–Crippen LogP) is 3.77. The Bertz CT molecular complexity index is 579. The van der Waals surface area contributed by atoms with Crippen LogP contribution in [0.5, 0.6) is 5.75 Å². The smallest absolute Gasteiger partial charge is 0.264 e. The van der Waals surface area contributed by atoms with Crippen LogP contribution < -0.4 is 10.1 Å². The predicted molar refractivity (Wildman–Crippen MR) is 102 cm³/mol. The summed E-state index contributed by atoms with van der Waals surface area (Å²) in [5.41, 5.74) is 2.48. The molecule has 0 aliphatic carbocycles. The second-order valence-corrected chi connectivity index (χ2v) is 7.10. The number of hydrogen-bond acceptors (Lipinski definition) is 3. The van der Waals surface area contributed by atoms with Gasteiger partial charge in [0.1, 0.15) is 5.75 Å². The molecule has 1 aliphatic rings. The van der Waals surface area contributed by atoms with E-state index in [0.717, 1.165) is 25.9 Å². The Morgan fingerprint density at radius 2 is 1.92 bits per heavy atom. The van der Waals surface area contributed by atoms with Gasteiger partial charge in [0.25, 0.3) is 5.91 Å². The normalized spacial score (nSPS) is 15.1. The lowest BCUT2D eigenvalue weighted by atomic mass is 9.98. The third-order valence-electron chi connectivity index (χ3n) is 4.37. The van der Waals surface area contributed by atoms with Crippen molar-refractivity contribution >= 4 is 23.2 Å². The molecule has 1 saturated heterocycles. The van der Waals surface area contributed by atoms with E-state index >= 15 is 0 Å². The first kappa shape index (κ1) is 18.7. The lowest BCUT2D eigenvalue weighted by Crippen LogP contribution is -2.44. The van der Waals surface area contributed by atoms with Crippen LogP contribution in [0.3, 0.4) is 0 Å². The van der Waals surface area contributed by atoms with Gasteiger partial charge in [-0.2, -0.15) is 0 Å². The molecule has 1 aliphatic heterocycles. The van der Waals surface area contributed by atoms with Gasteiger partial charge in [-0.3, -0.25) is 4.79 Å². The first-order valence-corrected chi connectivity index (χ1v) is 9.20. The number of ether oxygens (including phenoxy) is 1. The highest BCUT2D eigenvalue weighted by atomic mass is 32.1. The van der Waals surface area contributed by atoms with Crippen LogP contribution in [0.4, 0.5) is 0 Å². The fraction of sp³-hybridized carbons (Fsp3) is 0.579. The molecule has 5 heteroatoms. The Hall–Kier alpha value is -1.62. The minimum Gasteiger partial charge on any atom is -0.484 e. The van der Waals surface area contributed by atoms with E-state index < -0.39 is 0 Å². The molecule has 1 heterocycles. The van der Waals surface area contributed by atoms with Crippen LogP contribution in [-0.4, -0.2) is 35.6 Å². The summed E-state index contributed by atoms with van der Waals surface area (Å²) >= 11 is 5.35. The number of thiocarbonyl (C=S) groups is 1. The van der Waals surface area contributed by atoms with Crippen molar-refractivity contribution in [3.8, 4) is 5.75 Å². The average molecular weight is 349 g/mol. The third kappa shape index (κ3) is 5.48. The number of nitrogens with one attached hydrogen (secondary N) is 1. The number of hydrogen-bond donors (Lipinski definition) is 1. The van der Waals surface area contributed by atoms with Gasteiger partial charge in [-0.05, 0) is 61.2 Å². The van der Waals surface area contributed by atoms with E-state index in [4.69, 9.17) is 17.0 Å². The standard InChI is InChI=1S/C19H28N2O2S/c1-14(2)17-9-8-16(12-15(17)3)23-13-18(22)20-19(24)21-10-6-4-5-7-11-21/h8-9,12,14H,4-7,10-11,13H2,1-3H3,(H,20,22,24). The number of amides is 1. The number of rotatable bonds is 4. The van der Waals surface area contributed by atoms with Gasteiger partial charge < -0.3 is 15.0 Å². The molecule has 0 aromatic heterocycles. The zero-order valence-electron chi connectivity index (χ0n) is 14.9. The summed E-state index contributed by atoms with van der Waals surface area (Å²) in [5, 5.41) is 3.31. The Morgan fingerprint density at radius 1 is 1.25 bits per heavy atom. The largest absolute Gasteiger partial charge is 0.484 e. The molecule has 132 valence electrons. The summed E-state index contributed by atoms with van der Waals surface area (Å²) in [7, 11) is 0. The lowest BCUT2D eigenvalue weighted by Gasteiger charge is -2.23. The van der Waals surface area contributed by atoms with Crippen molar-refractivity contribution in [3.63, 3.8) is 0 Å². The van der Waals surface area contributed by atoms with Crippen LogP contribution >= 0.6 is 12.2 Å². The van der Waals surface area contributed by atoms with Crippen molar-refractivity contribution < 1.29 is 9.53 Å². The maximum atomic E-state index is 12.1. The van der Waals surface area contributed by atoms with E-state index in [0.29, 0.717) is 16.8 Å². The van der Waals surface area contributed by atoms with E-state index in [1.807, 2.05) is 12.1 Å². The zero-order valence-corrected chi connectivity index (χ0v) is 15.7. The van der Waals surface area contributed by atoms with Gasteiger partial charge in [0.2, 0.25) is 0 Å². The molecule has 2 rings (SSSR count). The number of carbonyl (C=O) groups excluding carboxylic acids is 1. The highest BCUT2D eigenvalue weighted by Crippen LogP contribution is 2.23. The molecule has 1 fully saturated rings. The molecule has 0 bridgehead atoms. The van der Waals surface area contributed by atoms with Gasteiger partial charge in [0.05, 0.1) is 0 Å². The zero-order chi connectivity index (χ0) is 17.5. The maximum Gasteiger partial charge on any atom is 0.264 e. The quantitative estimate of drug-likeness (QED) is 0.841. The summed E-state index contributed by atoms with van der Waals surface area (Å²) in [5.74, 6) is 0.996. The molecule has 0 unspecified atom stereocenters. The van der Waals surface area contributed by atoms with Crippen LogP contribution in [0.15, 0.2) is 18.2 Å². The summed E-state index contributed by atoms with van der Waals surface area (Å²) in [6, 6.07) is 5.97. The summed E-state index contributed by atoms with van der Waals surface area (Å²) in [4.78, 5) is 14.2. The number of benzene rings is 1. The van der Waals surface area contributed by atoms with E-state index in [-0.39, 0.29) is 12.5 Å². The molecule has 1 aromatic rings. The minimum atomic E-state index is -0.199. The van der Waals surface area contributed by atoms with Gasteiger partial charge in [0.15, 0.2) is 11.7 Å². The maximum absolute atomic E-state index is 12.1. The van der Waals surface area contributed by atoms with Crippen molar-refractivity contribution in [2.75, 3.05) is 19.7 Å². The SMILES string of the molecule is Cc1cc(OCC(=O)NC(=S)N2CCCCCC2)ccc1C(C)C. The Kier molecular flexibility index (Phi) is 7.03. The molecular formula is C19H28N2O2S. The second-order valence-electron chi connectivity index (χ2n) is 6.72. The molecule has 24 heavy (non-hydrogen) atoms. The number of nitrogens with zero attached hydrogens (tertiary/aromatic N) is 1. The summed E-state index contributed by atoms with van der Waals surface area (Å²) < 4.78 is 5.61. The molecule has 0 radical (unpaired) electrons. The van der Waals surface area contributed by atoms with Gasteiger partial charge in [-0.1, -0.05) is 32.8 Å². The molecule has 1 N–H and O–H groups in total. The first-order chi connectivity index (χ1) is 11.5. The van der Waals surface area contributed by atoms with E-state index in [1.165, 1.54) is 24.0 Å². The van der Waals surface area contributed by atoms with Gasteiger partial charge in [-0.25, -0.2) is 0 Å². The number of likely N-dealkylation sites (tertiary alicyclic amines) is 1. The number of carbonyl (C=O) groups is 1. The molecule has 1 amide bonds. The van der Waals surface area contributed by atoms with E-state index in [1.54, 1.807) is 0 Å². The van der Waals surface area contributed by atoms with E-state index in [2.05, 4.69) is 37.1 Å². The van der Waals surface area contributed by atoms with Gasteiger partial charge in [0, 0.05) is 13.1 Å². The van der Waals surface area contributed by atoms with Crippen molar-refractivity contribution in [1.82, 2.24) is 10.2 Å². The van der Waals surface area contributed by atoms with Crippen LogP contribution in [0.2, 0.25) is 0 Å². The van der Waals surface area contributed by atoms with Crippen LogP contribution in [0.1, 0.15) is 56.6 Å². The van der Waals surface area contributed by atoms with Crippen molar-refractivity contribution in [2.24, 2.45) is 0 Å². The fourth-order valence-electron chi connectivity index (χ4n) is 3.04. The van der Waals surface area contributed by atoms with E-state index in [9.17, 15) is 4.79 Å².